The molecule has 0 atom stereocenters. The summed E-state index contributed by atoms with van der Waals surface area (Å²) in [5.41, 5.74) is 2.77. The third-order valence-corrected chi connectivity index (χ3v) is 6.88. The molecule has 0 saturated heterocycles. The number of nitrogens with zero attached hydrogens (tertiary/aromatic N) is 3. The molecule has 2 aromatic heterocycles. The first kappa shape index (κ1) is 19.8. The van der Waals surface area contributed by atoms with E-state index in [4.69, 9.17) is 4.98 Å². The molecule has 0 spiro atoms. The van der Waals surface area contributed by atoms with E-state index in [1.165, 1.54) is 11.3 Å². The van der Waals surface area contributed by atoms with Crippen molar-refractivity contribution in [2.24, 2.45) is 0 Å². The topological polar surface area (TPSA) is 55.2 Å². The van der Waals surface area contributed by atoms with Crippen LogP contribution in [0.3, 0.4) is 0 Å². The molecule has 6 heteroatoms. The van der Waals surface area contributed by atoms with Gasteiger partial charge in [0.15, 0.2) is 0 Å². The fourth-order valence-corrected chi connectivity index (χ4v) is 5.30. The lowest BCUT2D eigenvalue weighted by Gasteiger charge is -2.23. The number of fused-ring (bicyclic) bond motifs is 2. The van der Waals surface area contributed by atoms with Crippen molar-refractivity contribution in [2.45, 2.75) is 59.4 Å². The van der Waals surface area contributed by atoms with Gasteiger partial charge in [-0.15, -0.1) is 11.3 Å². The second-order valence-corrected chi connectivity index (χ2v) is 8.77. The summed E-state index contributed by atoms with van der Waals surface area (Å²) in [6.07, 6.45) is 4.88. The van der Waals surface area contributed by atoms with E-state index in [0.717, 1.165) is 61.3 Å². The third-order valence-electron chi connectivity index (χ3n) is 5.70. The van der Waals surface area contributed by atoms with E-state index in [2.05, 4.69) is 6.92 Å². The lowest BCUT2D eigenvalue weighted by Crippen LogP contribution is -2.32. The fraction of sp³-hybridized carbons (Fsp3) is 0.435. The van der Waals surface area contributed by atoms with Crippen LogP contribution in [-0.4, -0.2) is 22.0 Å². The van der Waals surface area contributed by atoms with Crippen LogP contribution in [0.15, 0.2) is 29.1 Å². The van der Waals surface area contributed by atoms with E-state index >= 15 is 0 Å². The SMILES string of the molecule is CCCN(C(=O)c1sc2nc3n(c(=O)c2c1C)CCCCC3)c1ccccc1C. The van der Waals surface area contributed by atoms with Crippen LogP contribution in [0.2, 0.25) is 0 Å². The van der Waals surface area contributed by atoms with E-state index in [9.17, 15) is 9.59 Å². The summed E-state index contributed by atoms with van der Waals surface area (Å²) in [4.78, 5) is 34.7. The van der Waals surface area contributed by atoms with E-state index in [-0.39, 0.29) is 11.5 Å². The Kier molecular flexibility index (Phi) is 5.54. The van der Waals surface area contributed by atoms with Crippen molar-refractivity contribution < 1.29 is 4.79 Å². The summed E-state index contributed by atoms with van der Waals surface area (Å²) in [6.45, 7) is 7.34. The first-order valence-electron chi connectivity index (χ1n) is 10.4. The van der Waals surface area contributed by atoms with Crippen molar-refractivity contribution in [3.63, 3.8) is 0 Å². The van der Waals surface area contributed by atoms with Crippen LogP contribution in [0.4, 0.5) is 5.69 Å². The first-order valence-corrected chi connectivity index (χ1v) is 11.2. The van der Waals surface area contributed by atoms with Crippen LogP contribution in [0.5, 0.6) is 0 Å². The van der Waals surface area contributed by atoms with Crippen LogP contribution < -0.4 is 10.5 Å². The van der Waals surface area contributed by atoms with Crippen molar-refractivity contribution in [3.8, 4) is 0 Å². The molecule has 1 aromatic carbocycles. The van der Waals surface area contributed by atoms with Crippen LogP contribution in [0.25, 0.3) is 10.2 Å². The monoisotopic (exact) mass is 409 g/mol. The highest BCUT2D eigenvalue weighted by molar-refractivity contribution is 7.20. The second kappa shape index (κ2) is 8.11. The summed E-state index contributed by atoms with van der Waals surface area (Å²) < 4.78 is 1.83. The van der Waals surface area contributed by atoms with Crippen molar-refractivity contribution in [1.82, 2.24) is 9.55 Å². The van der Waals surface area contributed by atoms with Crippen molar-refractivity contribution >= 4 is 33.1 Å². The molecule has 1 aliphatic heterocycles. The highest BCUT2D eigenvalue weighted by atomic mass is 32.1. The smallest absolute Gasteiger partial charge is 0.268 e. The average Bonchev–Trinajstić information content (AvgIpc) is 2.88. The fourth-order valence-electron chi connectivity index (χ4n) is 4.16. The number of thiophene rings is 1. The minimum absolute atomic E-state index is 0.0117. The average molecular weight is 410 g/mol. The molecule has 0 N–H and O–H groups in total. The zero-order chi connectivity index (χ0) is 20.5. The Balaban J connectivity index is 1.84. The van der Waals surface area contributed by atoms with Gasteiger partial charge >= 0.3 is 0 Å². The maximum absolute atomic E-state index is 13.6. The molecular formula is C23H27N3O2S. The number of hydrogen-bond acceptors (Lipinski definition) is 4. The number of aryl methyl sites for hydroxylation is 3. The lowest BCUT2D eigenvalue weighted by atomic mass is 10.1. The van der Waals surface area contributed by atoms with Gasteiger partial charge in [-0.1, -0.05) is 31.5 Å². The minimum Gasteiger partial charge on any atom is -0.307 e. The molecule has 0 aliphatic carbocycles. The lowest BCUT2D eigenvalue weighted by molar-refractivity contribution is 0.0990. The van der Waals surface area contributed by atoms with Gasteiger partial charge in [0.1, 0.15) is 10.7 Å². The van der Waals surface area contributed by atoms with Gasteiger partial charge in [0.2, 0.25) is 0 Å². The summed E-state index contributed by atoms with van der Waals surface area (Å²) in [5, 5.41) is 0.616. The van der Waals surface area contributed by atoms with Crippen molar-refractivity contribution in [3.05, 3.63) is 56.4 Å². The molecule has 5 nitrogen and oxygen atoms in total. The van der Waals surface area contributed by atoms with Gasteiger partial charge in [0.05, 0.1) is 10.3 Å². The van der Waals surface area contributed by atoms with Gasteiger partial charge in [0.25, 0.3) is 11.5 Å². The van der Waals surface area contributed by atoms with E-state index in [1.54, 1.807) is 0 Å². The highest BCUT2D eigenvalue weighted by Crippen LogP contribution is 2.31. The Morgan fingerprint density at radius 2 is 2.00 bits per heavy atom. The Morgan fingerprint density at radius 1 is 1.21 bits per heavy atom. The van der Waals surface area contributed by atoms with Gasteiger partial charge < -0.3 is 4.90 Å². The second-order valence-electron chi connectivity index (χ2n) is 7.78. The Labute approximate surface area is 175 Å². The number of benzene rings is 1. The predicted octanol–water partition coefficient (Wildman–Crippen LogP) is 4.86. The van der Waals surface area contributed by atoms with Crippen LogP contribution in [0.1, 0.15) is 59.2 Å². The number of carbonyl (C=O) groups excluding carboxylic acids is 1. The number of carbonyl (C=O) groups is 1. The largest absolute Gasteiger partial charge is 0.307 e. The summed E-state index contributed by atoms with van der Waals surface area (Å²) in [6, 6.07) is 7.95. The highest BCUT2D eigenvalue weighted by Gasteiger charge is 2.26. The number of rotatable bonds is 4. The molecular weight excluding hydrogens is 382 g/mol. The van der Waals surface area contributed by atoms with Crippen LogP contribution in [-0.2, 0) is 13.0 Å². The molecule has 1 amide bonds. The van der Waals surface area contributed by atoms with Crippen molar-refractivity contribution in [2.75, 3.05) is 11.4 Å². The number of aromatic nitrogens is 2. The third kappa shape index (κ3) is 3.50. The predicted molar refractivity (Wildman–Crippen MR) is 119 cm³/mol. The normalized spacial score (nSPS) is 13.9. The van der Waals surface area contributed by atoms with Crippen LogP contribution in [0, 0.1) is 13.8 Å². The summed E-state index contributed by atoms with van der Waals surface area (Å²) >= 11 is 1.36. The summed E-state index contributed by atoms with van der Waals surface area (Å²) in [7, 11) is 0. The Bertz CT molecular complexity index is 1130. The molecule has 29 heavy (non-hydrogen) atoms. The molecule has 0 fully saturated rings. The number of anilines is 1. The molecule has 3 heterocycles. The molecule has 1 aliphatic rings. The van der Waals surface area contributed by atoms with Gasteiger partial charge in [-0.25, -0.2) is 4.98 Å². The van der Waals surface area contributed by atoms with Gasteiger partial charge in [-0.2, -0.15) is 0 Å². The maximum Gasteiger partial charge on any atom is 0.268 e. The quantitative estimate of drug-likeness (QED) is 0.618. The molecule has 0 radical (unpaired) electrons. The van der Waals surface area contributed by atoms with Crippen LogP contribution >= 0.6 is 11.3 Å². The van der Waals surface area contributed by atoms with Gasteiger partial charge in [-0.05, 0) is 50.3 Å². The van der Waals surface area contributed by atoms with Gasteiger partial charge in [-0.3, -0.25) is 14.2 Å². The Morgan fingerprint density at radius 3 is 2.76 bits per heavy atom. The molecule has 4 rings (SSSR count). The standard InChI is InChI=1S/C23H27N3O2S/c1-4-13-25(17-11-8-7-10-15(17)2)23(28)20-16(3)19-21(29-20)24-18-12-6-5-9-14-26(18)22(19)27/h7-8,10-11H,4-6,9,12-14H2,1-3H3. The number of hydrogen-bond donors (Lipinski definition) is 0. The minimum atomic E-state index is -0.0405. The number of para-hydroxylation sites is 1. The van der Waals surface area contributed by atoms with Crippen molar-refractivity contribution in [1.29, 1.82) is 0 Å². The first-order chi connectivity index (χ1) is 14.0. The molecule has 3 aromatic rings. The molecule has 0 unspecified atom stereocenters. The maximum atomic E-state index is 13.6. The zero-order valence-corrected chi connectivity index (χ0v) is 18.1. The molecule has 152 valence electrons. The summed E-state index contributed by atoms with van der Waals surface area (Å²) in [5.74, 6) is 0.825. The Hall–Kier alpha value is -2.47. The molecule has 0 saturated carbocycles. The zero-order valence-electron chi connectivity index (χ0n) is 17.3. The van der Waals surface area contributed by atoms with E-state index in [1.807, 2.05) is 47.6 Å². The van der Waals surface area contributed by atoms with E-state index in [0.29, 0.717) is 21.6 Å². The number of amides is 1. The van der Waals surface area contributed by atoms with Gasteiger partial charge in [0, 0.05) is 25.2 Å². The van der Waals surface area contributed by atoms with E-state index < -0.39 is 0 Å². The molecule has 0 bridgehead atoms.